The highest BCUT2D eigenvalue weighted by Crippen LogP contribution is 2.26. The molecule has 0 radical (unpaired) electrons. The maximum Gasteiger partial charge on any atom is 0.257 e. The lowest BCUT2D eigenvalue weighted by Gasteiger charge is -2.13. The molecule has 0 bridgehead atoms. The molecule has 20 heavy (non-hydrogen) atoms. The predicted molar refractivity (Wildman–Crippen MR) is 87.4 cm³/mol. The van der Waals surface area contributed by atoms with Crippen molar-refractivity contribution in [3.05, 3.63) is 56.5 Å². The van der Waals surface area contributed by atoms with Crippen LogP contribution in [0.4, 0.5) is 11.4 Å². The smallest absolute Gasteiger partial charge is 0.257 e. The zero-order valence-electron chi connectivity index (χ0n) is 11.1. The second-order valence-electron chi connectivity index (χ2n) is 4.60. The molecule has 2 rings (SSSR count). The van der Waals surface area contributed by atoms with E-state index in [-0.39, 0.29) is 5.91 Å². The number of nitrogen functional groups attached to an aromatic ring is 1. The van der Waals surface area contributed by atoms with Crippen molar-refractivity contribution in [2.45, 2.75) is 13.8 Å². The Balaban J connectivity index is 2.33. The molecule has 1 amide bonds. The Morgan fingerprint density at radius 2 is 1.80 bits per heavy atom. The van der Waals surface area contributed by atoms with Gasteiger partial charge in [0.05, 0.1) is 5.56 Å². The van der Waals surface area contributed by atoms with Crippen molar-refractivity contribution in [2.75, 3.05) is 11.1 Å². The molecule has 104 valence electrons. The van der Waals surface area contributed by atoms with Gasteiger partial charge in [-0.25, -0.2) is 0 Å². The van der Waals surface area contributed by atoms with E-state index in [1.807, 2.05) is 26.0 Å². The summed E-state index contributed by atoms with van der Waals surface area (Å²) >= 11 is 9.26. The van der Waals surface area contributed by atoms with E-state index in [9.17, 15) is 4.79 Å². The van der Waals surface area contributed by atoms with Crippen LogP contribution in [0.3, 0.4) is 0 Å². The SMILES string of the molecule is Cc1cc(Br)cc(C)c1NC(=O)c1ccc(Cl)cc1N. The minimum atomic E-state index is -0.243. The summed E-state index contributed by atoms with van der Waals surface area (Å²) in [6.07, 6.45) is 0. The Kier molecular flexibility index (Phi) is 4.35. The molecular weight excluding hydrogens is 340 g/mol. The number of amides is 1. The van der Waals surface area contributed by atoms with Gasteiger partial charge in [-0.1, -0.05) is 27.5 Å². The zero-order valence-corrected chi connectivity index (χ0v) is 13.5. The van der Waals surface area contributed by atoms with Crippen LogP contribution in [0.25, 0.3) is 0 Å². The van der Waals surface area contributed by atoms with Gasteiger partial charge in [-0.3, -0.25) is 4.79 Å². The molecule has 0 atom stereocenters. The summed E-state index contributed by atoms with van der Waals surface area (Å²) in [6.45, 7) is 3.89. The third kappa shape index (κ3) is 3.14. The number of aryl methyl sites for hydroxylation is 2. The first-order chi connectivity index (χ1) is 9.38. The molecule has 2 aromatic carbocycles. The van der Waals surface area contributed by atoms with Crippen LogP contribution in [-0.2, 0) is 0 Å². The van der Waals surface area contributed by atoms with E-state index in [0.29, 0.717) is 16.3 Å². The summed E-state index contributed by atoms with van der Waals surface area (Å²) in [5, 5.41) is 3.41. The first kappa shape index (κ1) is 14.9. The lowest BCUT2D eigenvalue weighted by Crippen LogP contribution is -2.15. The van der Waals surface area contributed by atoms with Crippen LogP contribution in [0, 0.1) is 13.8 Å². The van der Waals surface area contributed by atoms with E-state index in [1.54, 1.807) is 18.2 Å². The summed E-state index contributed by atoms with van der Waals surface area (Å²) in [5.74, 6) is -0.243. The quantitative estimate of drug-likeness (QED) is 0.778. The highest BCUT2D eigenvalue weighted by atomic mass is 79.9. The van der Waals surface area contributed by atoms with Gasteiger partial charge in [0.1, 0.15) is 0 Å². The molecule has 3 N–H and O–H groups in total. The summed E-state index contributed by atoms with van der Waals surface area (Å²) < 4.78 is 0.983. The number of carbonyl (C=O) groups excluding carboxylic acids is 1. The van der Waals surface area contributed by atoms with Crippen molar-refractivity contribution in [3.63, 3.8) is 0 Å². The third-order valence-electron chi connectivity index (χ3n) is 2.99. The van der Waals surface area contributed by atoms with Crippen LogP contribution < -0.4 is 11.1 Å². The van der Waals surface area contributed by atoms with Crippen molar-refractivity contribution < 1.29 is 4.79 Å². The van der Waals surface area contributed by atoms with Gasteiger partial charge in [-0.2, -0.15) is 0 Å². The molecule has 0 fully saturated rings. The molecule has 0 aliphatic rings. The topological polar surface area (TPSA) is 55.1 Å². The molecule has 0 spiro atoms. The average Bonchev–Trinajstić information content (AvgIpc) is 2.33. The van der Waals surface area contributed by atoms with Gasteiger partial charge >= 0.3 is 0 Å². The van der Waals surface area contributed by atoms with E-state index in [2.05, 4.69) is 21.2 Å². The first-order valence-electron chi connectivity index (χ1n) is 6.01. The maximum absolute atomic E-state index is 12.3. The van der Waals surface area contributed by atoms with Crippen LogP contribution in [0.1, 0.15) is 21.5 Å². The maximum atomic E-state index is 12.3. The van der Waals surface area contributed by atoms with E-state index in [0.717, 1.165) is 21.3 Å². The van der Waals surface area contributed by atoms with E-state index in [1.165, 1.54) is 0 Å². The van der Waals surface area contributed by atoms with E-state index >= 15 is 0 Å². The molecule has 0 aliphatic heterocycles. The first-order valence-corrected chi connectivity index (χ1v) is 7.18. The number of anilines is 2. The second-order valence-corrected chi connectivity index (χ2v) is 5.95. The number of carbonyl (C=O) groups is 1. The number of nitrogens with one attached hydrogen (secondary N) is 1. The molecule has 5 heteroatoms. The zero-order chi connectivity index (χ0) is 14.9. The van der Waals surface area contributed by atoms with Crippen molar-refractivity contribution >= 4 is 44.8 Å². The van der Waals surface area contributed by atoms with Crippen molar-refractivity contribution in [1.82, 2.24) is 0 Å². The summed E-state index contributed by atoms with van der Waals surface area (Å²) in [7, 11) is 0. The van der Waals surface area contributed by atoms with E-state index in [4.69, 9.17) is 17.3 Å². The highest BCUT2D eigenvalue weighted by molar-refractivity contribution is 9.10. The van der Waals surface area contributed by atoms with Crippen LogP contribution in [0.2, 0.25) is 5.02 Å². The van der Waals surface area contributed by atoms with Gasteiger partial charge in [-0.15, -0.1) is 0 Å². The van der Waals surface area contributed by atoms with Crippen molar-refractivity contribution in [2.24, 2.45) is 0 Å². The normalized spacial score (nSPS) is 10.4. The van der Waals surface area contributed by atoms with E-state index < -0.39 is 0 Å². The number of halogens is 2. The summed E-state index contributed by atoms with van der Waals surface area (Å²) in [4.78, 5) is 12.3. The van der Waals surface area contributed by atoms with Crippen LogP contribution >= 0.6 is 27.5 Å². The Morgan fingerprint density at radius 3 is 2.35 bits per heavy atom. The van der Waals surface area contributed by atoms with Crippen LogP contribution in [0.15, 0.2) is 34.8 Å². The number of nitrogens with two attached hydrogens (primary N) is 1. The fourth-order valence-corrected chi connectivity index (χ4v) is 2.90. The summed E-state index contributed by atoms with van der Waals surface area (Å²) in [6, 6.07) is 8.74. The number of hydrogen-bond donors (Lipinski definition) is 2. The molecular formula is C15H14BrClN2O. The van der Waals surface area contributed by atoms with Crippen LogP contribution in [0.5, 0.6) is 0 Å². The number of hydrogen-bond acceptors (Lipinski definition) is 2. The van der Waals surface area contributed by atoms with Gasteiger partial charge in [0.2, 0.25) is 0 Å². The standard InChI is InChI=1S/C15H14BrClN2O/c1-8-5-10(16)6-9(2)14(8)19-15(20)12-4-3-11(17)7-13(12)18/h3-7H,18H2,1-2H3,(H,19,20). The molecule has 3 nitrogen and oxygen atoms in total. The van der Waals surface area contributed by atoms with Crippen molar-refractivity contribution in [3.8, 4) is 0 Å². The lowest BCUT2D eigenvalue weighted by atomic mass is 10.1. The Labute approximate surface area is 131 Å². The Hall–Kier alpha value is -1.52. The fourth-order valence-electron chi connectivity index (χ4n) is 2.03. The second kappa shape index (κ2) is 5.85. The minimum Gasteiger partial charge on any atom is -0.398 e. The molecule has 0 aromatic heterocycles. The highest BCUT2D eigenvalue weighted by Gasteiger charge is 2.13. The van der Waals surface area contributed by atoms with Gasteiger partial charge < -0.3 is 11.1 Å². The largest absolute Gasteiger partial charge is 0.398 e. The molecule has 0 unspecified atom stereocenters. The number of rotatable bonds is 2. The molecule has 0 aliphatic carbocycles. The fraction of sp³-hybridized carbons (Fsp3) is 0.133. The average molecular weight is 354 g/mol. The predicted octanol–water partition coefficient (Wildman–Crippen LogP) is 4.55. The molecule has 0 heterocycles. The van der Waals surface area contributed by atoms with Crippen LogP contribution in [-0.4, -0.2) is 5.91 Å². The third-order valence-corrected chi connectivity index (χ3v) is 3.69. The molecule has 2 aromatic rings. The van der Waals surface area contributed by atoms with Gasteiger partial charge in [0.25, 0.3) is 5.91 Å². The molecule has 0 saturated carbocycles. The Bertz CT molecular complexity index is 663. The summed E-state index contributed by atoms with van der Waals surface area (Å²) in [5.41, 5.74) is 9.37. The molecule has 0 saturated heterocycles. The van der Waals surface area contributed by atoms with Gasteiger partial charge in [0, 0.05) is 20.9 Å². The minimum absolute atomic E-state index is 0.243. The van der Waals surface area contributed by atoms with Crippen molar-refractivity contribution in [1.29, 1.82) is 0 Å². The Morgan fingerprint density at radius 1 is 1.20 bits per heavy atom. The monoisotopic (exact) mass is 352 g/mol. The lowest BCUT2D eigenvalue weighted by molar-refractivity contribution is 0.102. The van der Waals surface area contributed by atoms with Gasteiger partial charge in [0.15, 0.2) is 0 Å². The van der Waals surface area contributed by atoms with Gasteiger partial charge in [-0.05, 0) is 55.3 Å². The number of benzene rings is 2.